The minimum atomic E-state index is -0.934. The molecule has 1 aliphatic carbocycles. The molecule has 1 saturated heterocycles. The SMILES string of the molecule is CC(C)c1ccccc1OCC(O)CN1C(=O)NC(C)(C2CC2)C1=O. The minimum absolute atomic E-state index is 0.0287. The highest BCUT2D eigenvalue weighted by molar-refractivity contribution is 6.07. The third-order valence-electron chi connectivity index (χ3n) is 5.06. The first-order chi connectivity index (χ1) is 11.8. The van der Waals surface area contributed by atoms with E-state index in [4.69, 9.17) is 4.74 Å². The topological polar surface area (TPSA) is 78.9 Å². The number of para-hydroxylation sites is 1. The second kappa shape index (κ2) is 6.67. The van der Waals surface area contributed by atoms with Crippen molar-refractivity contribution in [1.29, 1.82) is 0 Å². The molecule has 136 valence electrons. The van der Waals surface area contributed by atoms with Crippen molar-refractivity contribution < 1.29 is 19.4 Å². The maximum atomic E-state index is 12.6. The predicted octanol–water partition coefficient (Wildman–Crippen LogP) is 2.27. The molecule has 0 bridgehead atoms. The number of carbonyl (C=O) groups is 2. The average Bonchev–Trinajstić information content (AvgIpc) is 3.39. The van der Waals surface area contributed by atoms with Gasteiger partial charge in [0.2, 0.25) is 0 Å². The Morgan fingerprint density at radius 2 is 2.00 bits per heavy atom. The highest BCUT2D eigenvalue weighted by Crippen LogP contribution is 2.42. The molecule has 25 heavy (non-hydrogen) atoms. The number of benzene rings is 1. The van der Waals surface area contributed by atoms with Gasteiger partial charge in [-0.25, -0.2) is 4.79 Å². The molecule has 1 aromatic carbocycles. The molecule has 0 spiro atoms. The van der Waals surface area contributed by atoms with Gasteiger partial charge >= 0.3 is 6.03 Å². The van der Waals surface area contributed by atoms with E-state index in [0.29, 0.717) is 5.92 Å². The van der Waals surface area contributed by atoms with Gasteiger partial charge in [0.1, 0.15) is 24.0 Å². The van der Waals surface area contributed by atoms with E-state index in [1.165, 1.54) is 0 Å². The van der Waals surface area contributed by atoms with Crippen LogP contribution in [0.5, 0.6) is 5.75 Å². The van der Waals surface area contributed by atoms with Crippen molar-refractivity contribution in [2.45, 2.75) is 51.2 Å². The van der Waals surface area contributed by atoms with E-state index in [1.54, 1.807) is 6.92 Å². The predicted molar refractivity (Wildman–Crippen MR) is 93.4 cm³/mol. The largest absolute Gasteiger partial charge is 0.491 e. The lowest BCUT2D eigenvalue weighted by Gasteiger charge is -2.22. The van der Waals surface area contributed by atoms with Crippen LogP contribution in [-0.2, 0) is 4.79 Å². The number of amides is 3. The monoisotopic (exact) mass is 346 g/mol. The fraction of sp³-hybridized carbons (Fsp3) is 0.579. The number of rotatable bonds is 7. The summed E-state index contributed by atoms with van der Waals surface area (Å²) in [5.41, 5.74) is 0.244. The third-order valence-corrected chi connectivity index (χ3v) is 5.06. The number of urea groups is 1. The van der Waals surface area contributed by atoms with Gasteiger partial charge < -0.3 is 15.2 Å². The van der Waals surface area contributed by atoms with E-state index in [9.17, 15) is 14.7 Å². The molecule has 2 aliphatic rings. The summed E-state index contributed by atoms with van der Waals surface area (Å²) in [6.45, 7) is 5.89. The Bertz CT molecular complexity index is 671. The highest BCUT2D eigenvalue weighted by Gasteiger charge is 2.56. The zero-order valence-corrected chi connectivity index (χ0v) is 15.0. The molecule has 6 heteroatoms. The van der Waals surface area contributed by atoms with Crippen molar-refractivity contribution in [2.24, 2.45) is 5.92 Å². The van der Waals surface area contributed by atoms with Gasteiger partial charge in [0.05, 0.1) is 6.54 Å². The molecule has 6 nitrogen and oxygen atoms in total. The summed E-state index contributed by atoms with van der Waals surface area (Å²) in [7, 11) is 0. The number of carbonyl (C=O) groups excluding carboxylic acids is 2. The lowest BCUT2D eigenvalue weighted by Crippen LogP contribution is -2.46. The molecule has 2 N–H and O–H groups in total. The summed E-state index contributed by atoms with van der Waals surface area (Å²) < 4.78 is 5.73. The lowest BCUT2D eigenvalue weighted by atomic mass is 9.96. The van der Waals surface area contributed by atoms with Crippen molar-refractivity contribution in [3.05, 3.63) is 29.8 Å². The second-order valence-corrected chi connectivity index (χ2v) is 7.48. The zero-order valence-electron chi connectivity index (χ0n) is 15.0. The molecule has 1 saturated carbocycles. The standard InChI is InChI=1S/C19H26N2O4/c1-12(2)15-6-4-5-7-16(15)25-11-14(22)10-21-17(23)19(3,13-8-9-13)20-18(21)24/h4-7,12-14,22H,8-11H2,1-3H3,(H,20,24). The Hall–Kier alpha value is -2.08. The van der Waals surface area contributed by atoms with Crippen LogP contribution >= 0.6 is 0 Å². The number of nitrogens with one attached hydrogen (secondary N) is 1. The Morgan fingerprint density at radius 1 is 1.32 bits per heavy atom. The second-order valence-electron chi connectivity index (χ2n) is 7.48. The number of β-amino-alcohol motifs (C(OH)–C–C–N with tert-alkyl or cyclic N) is 1. The summed E-state index contributed by atoms with van der Waals surface area (Å²) in [5, 5.41) is 13.0. The minimum Gasteiger partial charge on any atom is -0.491 e. The van der Waals surface area contributed by atoms with Gasteiger partial charge in [0.15, 0.2) is 0 Å². The number of imide groups is 1. The Kier molecular flexibility index (Phi) is 4.73. The Balaban J connectivity index is 1.59. The molecule has 2 fully saturated rings. The first kappa shape index (κ1) is 17.7. The van der Waals surface area contributed by atoms with Gasteiger partial charge in [-0.15, -0.1) is 0 Å². The molecule has 2 unspecified atom stereocenters. The molecule has 0 aromatic heterocycles. The van der Waals surface area contributed by atoms with Crippen molar-refractivity contribution in [1.82, 2.24) is 10.2 Å². The summed E-state index contributed by atoms with van der Waals surface area (Å²) >= 11 is 0. The fourth-order valence-electron chi connectivity index (χ4n) is 3.36. The van der Waals surface area contributed by atoms with Crippen LogP contribution in [0.2, 0.25) is 0 Å². The number of aliphatic hydroxyl groups excluding tert-OH is 1. The molecule has 1 heterocycles. The molecule has 2 atom stereocenters. The summed E-state index contributed by atoms with van der Waals surface area (Å²) in [6, 6.07) is 7.25. The van der Waals surface area contributed by atoms with Crippen LogP contribution in [0.25, 0.3) is 0 Å². The van der Waals surface area contributed by atoms with Crippen LogP contribution in [0.3, 0.4) is 0 Å². The fourth-order valence-corrected chi connectivity index (χ4v) is 3.36. The summed E-state index contributed by atoms with van der Waals surface area (Å²) in [5.74, 6) is 0.983. The number of ether oxygens (including phenoxy) is 1. The van der Waals surface area contributed by atoms with Crippen molar-refractivity contribution in [3.63, 3.8) is 0 Å². The average molecular weight is 346 g/mol. The summed E-state index contributed by atoms with van der Waals surface area (Å²) in [4.78, 5) is 25.8. The van der Waals surface area contributed by atoms with Crippen LogP contribution in [0.4, 0.5) is 4.79 Å². The maximum absolute atomic E-state index is 12.6. The number of aliphatic hydroxyl groups is 1. The van der Waals surface area contributed by atoms with E-state index in [1.807, 2.05) is 24.3 Å². The first-order valence-corrected chi connectivity index (χ1v) is 8.87. The first-order valence-electron chi connectivity index (χ1n) is 8.87. The molecule has 0 radical (unpaired) electrons. The van der Waals surface area contributed by atoms with E-state index in [2.05, 4.69) is 19.2 Å². The number of hydrogen-bond acceptors (Lipinski definition) is 4. The van der Waals surface area contributed by atoms with Crippen molar-refractivity contribution >= 4 is 11.9 Å². The number of nitrogens with zero attached hydrogens (tertiary/aromatic N) is 1. The third kappa shape index (κ3) is 3.49. The van der Waals surface area contributed by atoms with Crippen LogP contribution < -0.4 is 10.1 Å². The number of hydrogen-bond donors (Lipinski definition) is 2. The molecule has 3 amide bonds. The van der Waals surface area contributed by atoms with Gasteiger partial charge in [0, 0.05) is 0 Å². The van der Waals surface area contributed by atoms with Gasteiger partial charge in [-0.3, -0.25) is 9.69 Å². The Morgan fingerprint density at radius 3 is 2.64 bits per heavy atom. The normalized spacial score (nSPS) is 24.6. The highest BCUT2D eigenvalue weighted by atomic mass is 16.5. The van der Waals surface area contributed by atoms with Crippen LogP contribution in [0.15, 0.2) is 24.3 Å². The molecular weight excluding hydrogens is 320 g/mol. The van der Waals surface area contributed by atoms with E-state index < -0.39 is 17.7 Å². The zero-order chi connectivity index (χ0) is 18.2. The molecule has 3 rings (SSSR count). The van der Waals surface area contributed by atoms with Crippen molar-refractivity contribution in [2.75, 3.05) is 13.2 Å². The van der Waals surface area contributed by atoms with Gasteiger partial charge in [-0.1, -0.05) is 32.0 Å². The smallest absolute Gasteiger partial charge is 0.325 e. The maximum Gasteiger partial charge on any atom is 0.325 e. The lowest BCUT2D eigenvalue weighted by molar-refractivity contribution is -0.132. The molecular formula is C19H26N2O4. The van der Waals surface area contributed by atoms with E-state index in [-0.39, 0.29) is 25.0 Å². The Labute approximate surface area is 148 Å². The summed E-state index contributed by atoms with van der Waals surface area (Å²) in [6.07, 6.45) is 0.971. The molecule has 1 aromatic rings. The quantitative estimate of drug-likeness (QED) is 0.743. The van der Waals surface area contributed by atoms with Crippen LogP contribution in [0, 0.1) is 5.92 Å². The van der Waals surface area contributed by atoms with E-state index >= 15 is 0 Å². The van der Waals surface area contributed by atoms with Gasteiger partial charge in [-0.2, -0.15) is 0 Å². The van der Waals surface area contributed by atoms with Crippen molar-refractivity contribution in [3.8, 4) is 5.75 Å². The van der Waals surface area contributed by atoms with Crippen LogP contribution in [-0.4, -0.2) is 46.7 Å². The van der Waals surface area contributed by atoms with E-state index in [0.717, 1.165) is 29.1 Å². The molecule has 1 aliphatic heterocycles. The van der Waals surface area contributed by atoms with Crippen LogP contribution in [0.1, 0.15) is 45.1 Å². The van der Waals surface area contributed by atoms with Gasteiger partial charge in [0.25, 0.3) is 5.91 Å². The van der Waals surface area contributed by atoms with Gasteiger partial charge in [-0.05, 0) is 43.2 Å².